The van der Waals surface area contributed by atoms with Gasteiger partial charge in [-0.25, -0.2) is 13.2 Å². The first kappa shape index (κ1) is 15.0. The highest BCUT2D eigenvalue weighted by atomic mass is 32.2. The van der Waals surface area contributed by atoms with Crippen molar-refractivity contribution in [2.45, 2.75) is 36.3 Å². The predicted molar refractivity (Wildman–Crippen MR) is 73.8 cm³/mol. The van der Waals surface area contributed by atoms with Crippen molar-refractivity contribution < 1.29 is 23.1 Å². The minimum absolute atomic E-state index is 0.0605. The van der Waals surface area contributed by atoms with E-state index in [9.17, 15) is 18.3 Å². The Morgan fingerprint density at radius 1 is 1.45 bits per heavy atom. The maximum absolute atomic E-state index is 12.5. The van der Waals surface area contributed by atoms with Crippen molar-refractivity contribution in [1.29, 1.82) is 0 Å². The van der Waals surface area contributed by atoms with Crippen LogP contribution in [0.2, 0.25) is 0 Å². The lowest BCUT2D eigenvalue weighted by Gasteiger charge is -2.22. The Hall–Kier alpha value is -1.40. The highest BCUT2D eigenvalue weighted by Crippen LogP contribution is 2.25. The lowest BCUT2D eigenvalue weighted by molar-refractivity contribution is 0.0695. The molecule has 0 radical (unpaired) electrons. The molecule has 0 aromatic heterocycles. The number of benzene rings is 1. The fourth-order valence-electron chi connectivity index (χ4n) is 2.39. The minimum atomic E-state index is -3.53. The molecule has 2 rings (SSSR count). The second-order valence-corrected chi connectivity index (χ2v) is 7.09. The fraction of sp³-hybridized carbons (Fsp3) is 0.500. The summed E-state index contributed by atoms with van der Waals surface area (Å²) in [6.07, 6.45) is 1.82. The van der Waals surface area contributed by atoms with Gasteiger partial charge in [0.05, 0.1) is 22.3 Å². The molecule has 110 valence electrons. The molecule has 0 bridgehead atoms. The van der Waals surface area contributed by atoms with Gasteiger partial charge in [-0.2, -0.15) is 0 Å². The molecule has 1 aliphatic heterocycles. The number of aromatic carboxylic acids is 1. The lowest BCUT2D eigenvalue weighted by Crippen LogP contribution is -2.31. The third-order valence-corrected chi connectivity index (χ3v) is 5.74. The summed E-state index contributed by atoms with van der Waals surface area (Å²) in [5.41, 5.74) is 0.696. The molecule has 1 heterocycles. The summed E-state index contributed by atoms with van der Waals surface area (Å²) >= 11 is 0. The molecule has 20 heavy (non-hydrogen) atoms. The van der Waals surface area contributed by atoms with Gasteiger partial charge in [0.1, 0.15) is 0 Å². The number of carboxylic acid groups (broad SMARTS) is 1. The van der Waals surface area contributed by atoms with Crippen molar-refractivity contribution in [3.8, 4) is 0 Å². The molecule has 0 aliphatic carbocycles. The number of rotatable bonds is 4. The van der Waals surface area contributed by atoms with Crippen molar-refractivity contribution in [3.63, 3.8) is 0 Å². The van der Waals surface area contributed by atoms with Crippen LogP contribution in [0.4, 0.5) is 0 Å². The Labute approximate surface area is 118 Å². The van der Waals surface area contributed by atoms with Gasteiger partial charge < -0.3 is 9.84 Å². The summed E-state index contributed by atoms with van der Waals surface area (Å²) in [6.45, 7) is 2.60. The number of sulfone groups is 1. The Morgan fingerprint density at radius 2 is 2.20 bits per heavy atom. The smallest absolute Gasteiger partial charge is 0.336 e. The van der Waals surface area contributed by atoms with E-state index < -0.39 is 21.1 Å². The van der Waals surface area contributed by atoms with Crippen LogP contribution < -0.4 is 0 Å². The van der Waals surface area contributed by atoms with E-state index in [-0.39, 0.29) is 17.1 Å². The first-order valence-corrected chi connectivity index (χ1v) is 8.19. The van der Waals surface area contributed by atoms with E-state index in [1.54, 1.807) is 6.07 Å². The molecular formula is C14H18O5S. The van der Waals surface area contributed by atoms with E-state index >= 15 is 0 Å². The van der Waals surface area contributed by atoms with Gasteiger partial charge in [0.15, 0.2) is 9.84 Å². The average molecular weight is 298 g/mol. The molecule has 1 aromatic carbocycles. The Bertz CT molecular complexity index is 600. The summed E-state index contributed by atoms with van der Waals surface area (Å²) < 4.78 is 30.2. The van der Waals surface area contributed by atoms with Crippen LogP contribution in [-0.2, 0) is 21.0 Å². The zero-order valence-electron chi connectivity index (χ0n) is 11.3. The Balaban J connectivity index is 2.41. The SMILES string of the molecule is CCc1ccc(S(=O)(=O)C2CCCOC2)cc1C(=O)O. The molecule has 0 spiro atoms. The number of carbonyl (C=O) groups is 1. The number of ether oxygens (including phenoxy) is 1. The van der Waals surface area contributed by atoms with Gasteiger partial charge in [-0.15, -0.1) is 0 Å². The predicted octanol–water partition coefficient (Wildman–Crippen LogP) is 1.90. The highest BCUT2D eigenvalue weighted by Gasteiger charge is 2.30. The highest BCUT2D eigenvalue weighted by molar-refractivity contribution is 7.92. The fourth-order valence-corrected chi connectivity index (χ4v) is 4.07. The molecule has 1 aliphatic rings. The van der Waals surface area contributed by atoms with Crippen molar-refractivity contribution in [2.24, 2.45) is 0 Å². The molecule has 1 unspecified atom stereocenters. The van der Waals surface area contributed by atoms with Gasteiger partial charge in [0, 0.05) is 6.61 Å². The Kier molecular flexibility index (Phi) is 4.45. The number of aryl methyl sites for hydroxylation is 1. The summed E-state index contributed by atoms with van der Waals surface area (Å²) in [7, 11) is -3.53. The van der Waals surface area contributed by atoms with Crippen molar-refractivity contribution in [2.75, 3.05) is 13.2 Å². The molecule has 1 aromatic rings. The second-order valence-electron chi connectivity index (χ2n) is 4.86. The van der Waals surface area contributed by atoms with Gasteiger partial charge in [0.25, 0.3) is 0 Å². The molecule has 1 fully saturated rings. The molecular weight excluding hydrogens is 280 g/mol. The monoisotopic (exact) mass is 298 g/mol. The maximum atomic E-state index is 12.5. The summed E-state index contributed by atoms with van der Waals surface area (Å²) in [5, 5.41) is 8.60. The molecule has 1 atom stereocenters. The number of carboxylic acids is 1. The largest absolute Gasteiger partial charge is 0.478 e. The van der Waals surface area contributed by atoms with E-state index in [4.69, 9.17) is 4.74 Å². The maximum Gasteiger partial charge on any atom is 0.336 e. The second kappa shape index (κ2) is 5.93. The van der Waals surface area contributed by atoms with E-state index in [0.717, 1.165) is 0 Å². The third kappa shape index (κ3) is 2.86. The van der Waals surface area contributed by atoms with E-state index in [1.807, 2.05) is 6.92 Å². The van der Waals surface area contributed by atoms with Gasteiger partial charge in [-0.05, 0) is 37.0 Å². The van der Waals surface area contributed by atoms with Crippen molar-refractivity contribution in [1.82, 2.24) is 0 Å². The summed E-state index contributed by atoms with van der Waals surface area (Å²) in [4.78, 5) is 11.3. The van der Waals surface area contributed by atoms with E-state index in [2.05, 4.69) is 0 Å². The minimum Gasteiger partial charge on any atom is -0.478 e. The van der Waals surface area contributed by atoms with Crippen LogP contribution in [0, 0.1) is 0 Å². The van der Waals surface area contributed by atoms with Crippen molar-refractivity contribution >= 4 is 15.8 Å². The number of hydrogen-bond acceptors (Lipinski definition) is 4. The first-order valence-electron chi connectivity index (χ1n) is 6.64. The Morgan fingerprint density at radius 3 is 2.75 bits per heavy atom. The van der Waals surface area contributed by atoms with Crippen molar-refractivity contribution in [3.05, 3.63) is 29.3 Å². The van der Waals surface area contributed by atoms with Crippen LogP contribution in [0.1, 0.15) is 35.7 Å². The molecule has 6 heteroatoms. The first-order chi connectivity index (χ1) is 9.46. The standard InChI is InChI=1S/C14H18O5S/c1-2-10-5-6-11(8-13(10)14(15)16)20(17,18)12-4-3-7-19-9-12/h5-6,8,12H,2-4,7,9H2,1H3,(H,15,16). The van der Waals surface area contributed by atoms with Crippen LogP contribution >= 0.6 is 0 Å². The van der Waals surface area contributed by atoms with Crippen LogP contribution in [0.25, 0.3) is 0 Å². The molecule has 0 saturated carbocycles. The topological polar surface area (TPSA) is 80.7 Å². The zero-order chi connectivity index (χ0) is 14.8. The van der Waals surface area contributed by atoms with Gasteiger partial charge in [-0.3, -0.25) is 0 Å². The lowest BCUT2D eigenvalue weighted by atomic mass is 10.1. The normalized spacial score (nSPS) is 19.8. The summed E-state index contributed by atoms with van der Waals surface area (Å²) in [6, 6.07) is 4.35. The summed E-state index contributed by atoms with van der Waals surface area (Å²) in [5.74, 6) is -1.10. The molecule has 0 amide bonds. The van der Waals surface area contributed by atoms with Crippen LogP contribution in [0.3, 0.4) is 0 Å². The molecule has 1 N–H and O–H groups in total. The molecule has 1 saturated heterocycles. The van der Waals surface area contributed by atoms with Crippen LogP contribution in [0.15, 0.2) is 23.1 Å². The quantitative estimate of drug-likeness (QED) is 0.918. The van der Waals surface area contributed by atoms with Gasteiger partial charge >= 0.3 is 5.97 Å². The van der Waals surface area contributed by atoms with Crippen LogP contribution in [-0.4, -0.2) is 38.0 Å². The van der Waals surface area contributed by atoms with E-state index in [0.29, 0.717) is 31.4 Å². The van der Waals surface area contributed by atoms with E-state index in [1.165, 1.54) is 12.1 Å². The third-order valence-electron chi connectivity index (χ3n) is 3.58. The average Bonchev–Trinajstić information content (AvgIpc) is 2.47. The molecule has 5 nitrogen and oxygen atoms in total. The number of hydrogen-bond donors (Lipinski definition) is 1. The van der Waals surface area contributed by atoms with Gasteiger partial charge in [0.2, 0.25) is 0 Å². The zero-order valence-corrected chi connectivity index (χ0v) is 12.1. The van der Waals surface area contributed by atoms with Gasteiger partial charge in [-0.1, -0.05) is 13.0 Å². The van der Waals surface area contributed by atoms with Crippen LogP contribution in [0.5, 0.6) is 0 Å².